The standard InChI is InChI=1S/C12H8ClN5O2S/c1-18-12(9(6-15)7-16-18)17-21(19,20)11-4-8(5-14)2-3-10(11)13/h2-4,7,17H,1H3. The number of rotatable bonds is 3. The maximum absolute atomic E-state index is 12.4. The van der Waals surface area contributed by atoms with E-state index < -0.39 is 10.0 Å². The SMILES string of the molecule is Cn1ncc(C#N)c1NS(=O)(=O)c1cc(C#N)ccc1Cl. The molecule has 9 heteroatoms. The predicted octanol–water partition coefficient (Wildman–Crippen LogP) is 1.62. The van der Waals surface area contributed by atoms with Gasteiger partial charge >= 0.3 is 0 Å². The number of anilines is 1. The van der Waals surface area contributed by atoms with Crippen molar-refractivity contribution in [2.45, 2.75) is 4.90 Å². The minimum Gasteiger partial charge on any atom is -0.262 e. The highest BCUT2D eigenvalue weighted by Crippen LogP contribution is 2.25. The number of aryl methyl sites for hydroxylation is 1. The number of hydrogen-bond acceptors (Lipinski definition) is 5. The lowest BCUT2D eigenvalue weighted by molar-refractivity contribution is 0.600. The summed E-state index contributed by atoms with van der Waals surface area (Å²) >= 11 is 5.88. The normalized spacial score (nSPS) is 10.7. The van der Waals surface area contributed by atoms with Crippen molar-refractivity contribution in [1.82, 2.24) is 9.78 Å². The van der Waals surface area contributed by atoms with E-state index >= 15 is 0 Å². The first-order valence-corrected chi connectivity index (χ1v) is 7.39. The molecule has 0 bridgehead atoms. The van der Waals surface area contributed by atoms with Crippen molar-refractivity contribution in [2.24, 2.45) is 7.05 Å². The molecule has 0 fully saturated rings. The fourth-order valence-electron chi connectivity index (χ4n) is 1.60. The minimum absolute atomic E-state index is 0.0240. The number of halogens is 1. The number of hydrogen-bond donors (Lipinski definition) is 1. The summed E-state index contributed by atoms with van der Waals surface area (Å²) in [7, 11) is -2.55. The van der Waals surface area contributed by atoms with Crippen molar-refractivity contribution >= 4 is 27.4 Å². The Kier molecular flexibility index (Phi) is 3.85. The van der Waals surface area contributed by atoms with E-state index in [4.69, 9.17) is 22.1 Å². The highest BCUT2D eigenvalue weighted by Gasteiger charge is 2.22. The van der Waals surface area contributed by atoms with Crippen molar-refractivity contribution in [2.75, 3.05) is 4.72 Å². The van der Waals surface area contributed by atoms with Gasteiger partial charge in [-0.1, -0.05) is 11.6 Å². The highest BCUT2D eigenvalue weighted by atomic mass is 35.5. The van der Waals surface area contributed by atoms with Crippen molar-refractivity contribution in [1.29, 1.82) is 10.5 Å². The summed E-state index contributed by atoms with van der Waals surface area (Å²) in [5, 5.41) is 21.5. The molecule has 1 aromatic carbocycles. The van der Waals surface area contributed by atoms with Gasteiger partial charge in [0.25, 0.3) is 10.0 Å². The van der Waals surface area contributed by atoms with E-state index in [-0.39, 0.29) is 26.9 Å². The Bertz CT molecular complexity index is 889. The van der Waals surface area contributed by atoms with Crippen molar-refractivity contribution in [3.05, 3.63) is 40.5 Å². The first-order valence-electron chi connectivity index (χ1n) is 5.53. The molecule has 0 aliphatic rings. The van der Waals surface area contributed by atoms with Gasteiger partial charge in [-0.2, -0.15) is 15.6 Å². The fourth-order valence-corrected chi connectivity index (χ4v) is 3.24. The van der Waals surface area contributed by atoms with Crippen LogP contribution in [0.25, 0.3) is 0 Å². The third-order valence-corrected chi connectivity index (χ3v) is 4.46. The molecule has 1 heterocycles. The number of sulfonamides is 1. The Labute approximate surface area is 126 Å². The monoisotopic (exact) mass is 321 g/mol. The second-order valence-corrected chi connectivity index (χ2v) is 6.06. The Morgan fingerprint density at radius 1 is 1.33 bits per heavy atom. The Balaban J connectivity index is 2.52. The van der Waals surface area contributed by atoms with Gasteiger partial charge in [0, 0.05) is 7.05 Å². The van der Waals surface area contributed by atoms with E-state index in [0.29, 0.717) is 0 Å². The van der Waals surface area contributed by atoms with Crippen LogP contribution in [0.4, 0.5) is 5.82 Å². The van der Waals surface area contributed by atoms with Gasteiger partial charge in [0.15, 0.2) is 5.82 Å². The van der Waals surface area contributed by atoms with Crippen molar-refractivity contribution < 1.29 is 8.42 Å². The lowest BCUT2D eigenvalue weighted by atomic mass is 10.2. The van der Waals surface area contributed by atoms with Crippen LogP contribution in [0.1, 0.15) is 11.1 Å². The second kappa shape index (κ2) is 5.44. The molecular weight excluding hydrogens is 314 g/mol. The molecule has 21 heavy (non-hydrogen) atoms. The second-order valence-electron chi connectivity index (χ2n) is 4.00. The number of nitriles is 2. The van der Waals surface area contributed by atoms with Crippen LogP contribution >= 0.6 is 11.6 Å². The van der Waals surface area contributed by atoms with Crippen LogP contribution in [-0.2, 0) is 17.1 Å². The molecule has 0 aliphatic carbocycles. The first kappa shape index (κ1) is 14.9. The minimum atomic E-state index is -4.05. The van der Waals surface area contributed by atoms with Gasteiger partial charge in [-0.05, 0) is 18.2 Å². The average Bonchev–Trinajstić information content (AvgIpc) is 2.79. The highest BCUT2D eigenvalue weighted by molar-refractivity contribution is 7.92. The number of aromatic nitrogens is 2. The predicted molar refractivity (Wildman–Crippen MR) is 74.9 cm³/mol. The molecule has 0 aliphatic heterocycles. The average molecular weight is 322 g/mol. The Hall–Kier alpha value is -2.55. The number of nitrogens with one attached hydrogen (secondary N) is 1. The van der Waals surface area contributed by atoms with E-state index in [1.165, 1.54) is 30.1 Å². The molecule has 0 saturated carbocycles. The zero-order valence-corrected chi connectivity index (χ0v) is 12.3. The fraction of sp³-hybridized carbons (Fsp3) is 0.0833. The molecule has 1 aromatic heterocycles. The molecular formula is C12H8ClN5O2S. The maximum Gasteiger partial charge on any atom is 0.264 e. The van der Waals surface area contributed by atoms with Gasteiger partial charge in [-0.3, -0.25) is 9.40 Å². The van der Waals surface area contributed by atoms with E-state index in [0.717, 1.165) is 6.07 Å². The van der Waals surface area contributed by atoms with Crippen LogP contribution in [0.3, 0.4) is 0 Å². The summed E-state index contributed by atoms with van der Waals surface area (Å²) < 4.78 is 28.2. The van der Waals surface area contributed by atoms with Gasteiger partial charge in [-0.15, -0.1) is 0 Å². The van der Waals surface area contributed by atoms with Crippen LogP contribution in [-0.4, -0.2) is 18.2 Å². The maximum atomic E-state index is 12.4. The molecule has 7 nitrogen and oxygen atoms in total. The van der Waals surface area contributed by atoms with Gasteiger partial charge < -0.3 is 0 Å². The summed E-state index contributed by atoms with van der Waals surface area (Å²) in [5.41, 5.74) is 0.235. The van der Waals surface area contributed by atoms with Crippen LogP contribution in [0.15, 0.2) is 29.3 Å². The number of nitrogens with zero attached hydrogens (tertiary/aromatic N) is 4. The quantitative estimate of drug-likeness (QED) is 0.923. The smallest absolute Gasteiger partial charge is 0.262 e. The first-order chi connectivity index (χ1) is 9.89. The Morgan fingerprint density at radius 2 is 2.05 bits per heavy atom. The van der Waals surface area contributed by atoms with Crippen LogP contribution in [0.2, 0.25) is 5.02 Å². The summed E-state index contributed by atoms with van der Waals surface area (Å²) in [5.74, 6) is 0.0240. The molecule has 0 amide bonds. The lowest BCUT2D eigenvalue weighted by Gasteiger charge is -2.10. The molecule has 106 valence electrons. The van der Waals surface area contributed by atoms with Crippen LogP contribution in [0.5, 0.6) is 0 Å². The summed E-state index contributed by atoms with van der Waals surface area (Å²) in [6.07, 6.45) is 1.24. The third kappa shape index (κ3) is 2.82. The molecule has 2 rings (SSSR count). The molecule has 0 spiro atoms. The largest absolute Gasteiger partial charge is 0.264 e. The molecule has 0 saturated heterocycles. The topological polar surface area (TPSA) is 112 Å². The van der Waals surface area contributed by atoms with Crippen molar-refractivity contribution in [3.8, 4) is 12.1 Å². The van der Waals surface area contributed by atoms with Gasteiger partial charge in [0.2, 0.25) is 0 Å². The van der Waals surface area contributed by atoms with E-state index in [2.05, 4.69) is 9.82 Å². The lowest BCUT2D eigenvalue weighted by Crippen LogP contribution is -2.16. The van der Waals surface area contributed by atoms with Gasteiger partial charge in [-0.25, -0.2) is 8.42 Å². The zero-order valence-electron chi connectivity index (χ0n) is 10.7. The van der Waals surface area contributed by atoms with Crippen LogP contribution < -0.4 is 4.72 Å². The third-order valence-electron chi connectivity index (χ3n) is 2.64. The Morgan fingerprint density at radius 3 is 2.67 bits per heavy atom. The summed E-state index contributed by atoms with van der Waals surface area (Å²) in [6, 6.07) is 7.56. The molecule has 0 radical (unpaired) electrons. The number of benzene rings is 1. The molecule has 2 aromatic rings. The van der Waals surface area contributed by atoms with E-state index in [1.54, 1.807) is 0 Å². The zero-order chi connectivity index (χ0) is 15.6. The summed E-state index contributed by atoms with van der Waals surface area (Å²) in [6.45, 7) is 0. The van der Waals surface area contributed by atoms with E-state index in [1.807, 2.05) is 12.1 Å². The molecule has 0 atom stereocenters. The van der Waals surface area contributed by atoms with Gasteiger partial charge in [0.1, 0.15) is 16.5 Å². The van der Waals surface area contributed by atoms with E-state index in [9.17, 15) is 8.42 Å². The van der Waals surface area contributed by atoms with Crippen molar-refractivity contribution in [3.63, 3.8) is 0 Å². The summed E-state index contributed by atoms with van der Waals surface area (Å²) in [4.78, 5) is -0.242. The van der Waals surface area contributed by atoms with Crippen LogP contribution in [0, 0.1) is 22.7 Å². The molecule has 1 N–H and O–H groups in total. The van der Waals surface area contributed by atoms with Gasteiger partial charge in [0.05, 0.1) is 22.9 Å². The molecule has 0 unspecified atom stereocenters.